The molecule has 2 heterocycles. The Hall–Kier alpha value is -0.870. The van der Waals surface area contributed by atoms with Gasteiger partial charge in [0.2, 0.25) is 0 Å². The van der Waals surface area contributed by atoms with E-state index in [1.807, 2.05) is 6.08 Å². The van der Waals surface area contributed by atoms with Crippen LogP contribution in [-0.2, 0) is 14.3 Å². The van der Waals surface area contributed by atoms with E-state index in [-0.39, 0.29) is 30.7 Å². The number of aliphatic hydroxyl groups excluding tert-OH is 1. The molecule has 2 rings (SSSR count). The van der Waals surface area contributed by atoms with Crippen LogP contribution in [0.4, 0.5) is 0 Å². The Labute approximate surface area is 95.2 Å². The number of carbonyl (C=O) groups excluding carboxylic acids is 1. The monoisotopic (exact) mass is 226 g/mol. The van der Waals surface area contributed by atoms with Gasteiger partial charge in [0, 0.05) is 6.42 Å². The number of hydrogen-bond donors (Lipinski definition) is 1. The van der Waals surface area contributed by atoms with Crippen LogP contribution in [0, 0.1) is 0 Å². The zero-order chi connectivity index (χ0) is 11.5. The molecule has 0 aromatic heterocycles. The van der Waals surface area contributed by atoms with E-state index < -0.39 is 6.10 Å². The van der Waals surface area contributed by atoms with E-state index in [1.165, 1.54) is 0 Å². The van der Waals surface area contributed by atoms with Crippen molar-refractivity contribution in [1.29, 1.82) is 0 Å². The number of hydrogen-bond acceptors (Lipinski definition) is 4. The highest BCUT2D eigenvalue weighted by molar-refractivity contribution is 5.70. The van der Waals surface area contributed by atoms with Gasteiger partial charge in [-0.15, -0.1) is 0 Å². The van der Waals surface area contributed by atoms with Gasteiger partial charge in [-0.1, -0.05) is 25.5 Å². The smallest absolute Gasteiger partial charge is 0.309 e. The molecule has 0 saturated carbocycles. The highest BCUT2D eigenvalue weighted by Gasteiger charge is 2.39. The highest BCUT2D eigenvalue weighted by Crippen LogP contribution is 2.30. The van der Waals surface area contributed by atoms with Gasteiger partial charge in [-0.3, -0.25) is 4.79 Å². The number of ether oxygens (including phenoxy) is 2. The average molecular weight is 226 g/mol. The van der Waals surface area contributed by atoms with E-state index in [0.29, 0.717) is 0 Å². The molecule has 1 fully saturated rings. The van der Waals surface area contributed by atoms with Gasteiger partial charge in [-0.25, -0.2) is 0 Å². The van der Waals surface area contributed by atoms with Crippen molar-refractivity contribution in [2.45, 2.75) is 57.0 Å². The van der Waals surface area contributed by atoms with Crippen LogP contribution in [0.3, 0.4) is 0 Å². The van der Waals surface area contributed by atoms with Crippen LogP contribution in [0.25, 0.3) is 0 Å². The number of fused-ring (bicyclic) bond motifs is 1. The lowest BCUT2D eigenvalue weighted by atomic mass is 10.1. The largest absolute Gasteiger partial charge is 0.462 e. The first-order valence-electron chi connectivity index (χ1n) is 5.90. The molecule has 2 aliphatic rings. The van der Waals surface area contributed by atoms with Gasteiger partial charge in [0.1, 0.15) is 12.2 Å². The minimum Gasteiger partial charge on any atom is -0.462 e. The Kier molecular flexibility index (Phi) is 3.61. The molecule has 2 aliphatic heterocycles. The molecule has 1 saturated heterocycles. The molecule has 0 amide bonds. The van der Waals surface area contributed by atoms with E-state index in [2.05, 4.69) is 6.92 Å². The standard InChI is InChI=1S/C12H18O4/c1-2-3-9-7-11-10(16-11)5-4-8(13)6-12(14)15-9/h4-5,8-11,13H,2-3,6-7H2,1H3/b5-4-. The van der Waals surface area contributed by atoms with E-state index in [9.17, 15) is 9.90 Å². The van der Waals surface area contributed by atoms with Crippen molar-refractivity contribution >= 4 is 5.97 Å². The second-order valence-corrected chi connectivity index (χ2v) is 4.43. The third-order valence-corrected chi connectivity index (χ3v) is 2.92. The Balaban J connectivity index is 1.99. The van der Waals surface area contributed by atoms with E-state index >= 15 is 0 Å². The number of carbonyl (C=O) groups is 1. The quantitative estimate of drug-likeness (QED) is 0.436. The first-order chi connectivity index (χ1) is 7.69. The van der Waals surface area contributed by atoms with Gasteiger partial charge in [0.25, 0.3) is 0 Å². The fourth-order valence-electron chi connectivity index (χ4n) is 2.03. The summed E-state index contributed by atoms with van der Waals surface area (Å²) >= 11 is 0. The predicted molar refractivity (Wildman–Crippen MR) is 57.8 cm³/mol. The minimum absolute atomic E-state index is 0.0358. The summed E-state index contributed by atoms with van der Waals surface area (Å²) in [5, 5.41) is 9.51. The number of cyclic esters (lactones) is 1. The third-order valence-electron chi connectivity index (χ3n) is 2.92. The van der Waals surface area contributed by atoms with Crippen molar-refractivity contribution in [3.8, 4) is 0 Å². The number of esters is 1. The fraction of sp³-hybridized carbons (Fsp3) is 0.750. The van der Waals surface area contributed by atoms with Crippen molar-refractivity contribution < 1.29 is 19.4 Å². The molecule has 4 heteroatoms. The summed E-state index contributed by atoms with van der Waals surface area (Å²) in [6, 6.07) is 0. The summed E-state index contributed by atoms with van der Waals surface area (Å²) in [6.07, 6.45) is 5.55. The molecular weight excluding hydrogens is 208 g/mol. The fourth-order valence-corrected chi connectivity index (χ4v) is 2.03. The summed E-state index contributed by atoms with van der Waals surface area (Å²) in [4.78, 5) is 11.5. The van der Waals surface area contributed by atoms with Gasteiger partial charge in [0.05, 0.1) is 18.6 Å². The molecule has 0 radical (unpaired) electrons. The third kappa shape index (κ3) is 3.06. The molecule has 0 aromatic carbocycles. The van der Waals surface area contributed by atoms with Crippen molar-refractivity contribution in [3.63, 3.8) is 0 Å². The van der Waals surface area contributed by atoms with E-state index in [4.69, 9.17) is 9.47 Å². The van der Waals surface area contributed by atoms with Gasteiger partial charge in [0.15, 0.2) is 0 Å². The molecule has 4 nitrogen and oxygen atoms in total. The maximum atomic E-state index is 11.5. The maximum absolute atomic E-state index is 11.5. The SMILES string of the molecule is CCCC1CC2OC2/C=C\C(O)CC(=O)O1. The zero-order valence-corrected chi connectivity index (χ0v) is 9.46. The van der Waals surface area contributed by atoms with E-state index in [0.717, 1.165) is 19.3 Å². The molecule has 1 N–H and O–H groups in total. The Morgan fingerprint density at radius 2 is 2.31 bits per heavy atom. The molecule has 0 aliphatic carbocycles. The lowest BCUT2D eigenvalue weighted by Crippen LogP contribution is -2.24. The molecular formula is C12H18O4. The summed E-state index contributed by atoms with van der Waals surface area (Å²) in [5.41, 5.74) is 0. The maximum Gasteiger partial charge on any atom is 0.309 e. The highest BCUT2D eigenvalue weighted by atomic mass is 16.6. The second kappa shape index (κ2) is 4.97. The summed E-state index contributed by atoms with van der Waals surface area (Å²) in [6.45, 7) is 2.06. The molecule has 0 bridgehead atoms. The van der Waals surface area contributed by atoms with Crippen LogP contribution in [0.1, 0.15) is 32.6 Å². The second-order valence-electron chi connectivity index (χ2n) is 4.43. The number of epoxide rings is 1. The van der Waals surface area contributed by atoms with Crippen LogP contribution in [-0.4, -0.2) is 35.5 Å². The van der Waals surface area contributed by atoms with Gasteiger partial charge < -0.3 is 14.6 Å². The van der Waals surface area contributed by atoms with Crippen LogP contribution in [0.5, 0.6) is 0 Å². The molecule has 0 aromatic rings. The number of rotatable bonds is 2. The molecule has 4 atom stereocenters. The van der Waals surface area contributed by atoms with Crippen LogP contribution in [0.15, 0.2) is 12.2 Å². The van der Waals surface area contributed by atoms with Crippen LogP contribution in [0.2, 0.25) is 0 Å². The minimum atomic E-state index is -0.752. The Bertz CT molecular complexity index is 287. The zero-order valence-electron chi connectivity index (χ0n) is 9.46. The Morgan fingerprint density at radius 3 is 3.06 bits per heavy atom. The average Bonchev–Trinajstić information content (AvgIpc) is 2.93. The van der Waals surface area contributed by atoms with Gasteiger partial charge in [-0.05, 0) is 6.42 Å². The van der Waals surface area contributed by atoms with Crippen LogP contribution < -0.4 is 0 Å². The first-order valence-corrected chi connectivity index (χ1v) is 5.90. The summed E-state index contributed by atoms with van der Waals surface area (Å²) in [7, 11) is 0. The molecule has 0 spiro atoms. The van der Waals surface area contributed by atoms with Crippen LogP contribution >= 0.6 is 0 Å². The van der Waals surface area contributed by atoms with Crippen molar-refractivity contribution in [2.75, 3.05) is 0 Å². The predicted octanol–water partition coefficient (Wildman–Crippen LogP) is 1.18. The first kappa shape index (κ1) is 11.6. The molecule has 4 unspecified atom stereocenters. The normalized spacial score (nSPS) is 40.8. The van der Waals surface area contributed by atoms with Crippen molar-refractivity contribution in [1.82, 2.24) is 0 Å². The number of aliphatic hydroxyl groups is 1. The van der Waals surface area contributed by atoms with Crippen molar-refractivity contribution in [2.24, 2.45) is 0 Å². The Morgan fingerprint density at radius 1 is 1.50 bits per heavy atom. The van der Waals surface area contributed by atoms with Gasteiger partial charge >= 0.3 is 5.97 Å². The summed E-state index contributed by atoms with van der Waals surface area (Å²) in [5.74, 6) is -0.324. The lowest BCUT2D eigenvalue weighted by Gasteiger charge is -2.17. The topological polar surface area (TPSA) is 59.1 Å². The molecule has 90 valence electrons. The summed E-state index contributed by atoms with van der Waals surface area (Å²) < 4.78 is 10.7. The van der Waals surface area contributed by atoms with Crippen molar-refractivity contribution in [3.05, 3.63) is 12.2 Å². The lowest BCUT2D eigenvalue weighted by molar-refractivity contribution is -0.151. The molecule has 16 heavy (non-hydrogen) atoms. The van der Waals surface area contributed by atoms with E-state index in [1.54, 1.807) is 6.08 Å². The van der Waals surface area contributed by atoms with Gasteiger partial charge in [-0.2, -0.15) is 0 Å².